The van der Waals surface area contributed by atoms with E-state index in [4.69, 9.17) is 4.74 Å². The molecule has 0 aliphatic carbocycles. The van der Waals surface area contributed by atoms with Gasteiger partial charge in [-0.2, -0.15) is 0 Å². The van der Waals surface area contributed by atoms with Gasteiger partial charge < -0.3 is 4.74 Å². The summed E-state index contributed by atoms with van der Waals surface area (Å²) in [5, 5.41) is 0. The van der Waals surface area contributed by atoms with Crippen molar-refractivity contribution >= 4 is 0 Å². The largest absolute Gasteiger partial charge is 0.489 e. The average Bonchev–Trinajstić information content (AvgIpc) is 2.37. The summed E-state index contributed by atoms with van der Waals surface area (Å²) >= 11 is 0. The van der Waals surface area contributed by atoms with Gasteiger partial charge in [-0.15, -0.1) is 0 Å². The fourth-order valence-electron chi connectivity index (χ4n) is 1.98. The second kappa shape index (κ2) is 5.72. The van der Waals surface area contributed by atoms with Crippen LogP contribution in [0, 0.1) is 6.92 Å². The Balaban J connectivity index is 2.15. The zero-order valence-electron chi connectivity index (χ0n) is 11.3. The SMILES string of the molecule is Cc1ccc(C(C)C)c(OCc2ccccc2)c1. The molecule has 94 valence electrons. The van der Waals surface area contributed by atoms with E-state index in [9.17, 15) is 0 Å². The Hall–Kier alpha value is -1.76. The lowest BCUT2D eigenvalue weighted by atomic mass is 10.0. The van der Waals surface area contributed by atoms with Crippen LogP contribution in [-0.4, -0.2) is 0 Å². The summed E-state index contributed by atoms with van der Waals surface area (Å²) in [5.74, 6) is 1.49. The van der Waals surface area contributed by atoms with E-state index in [2.05, 4.69) is 51.1 Å². The van der Waals surface area contributed by atoms with E-state index in [0.29, 0.717) is 12.5 Å². The second-order valence-electron chi connectivity index (χ2n) is 4.97. The molecule has 0 atom stereocenters. The zero-order valence-corrected chi connectivity index (χ0v) is 11.3. The number of hydrogen-bond donors (Lipinski definition) is 0. The van der Waals surface area contributed by atoms with Crippen LogP contribution in [0.25, 0.3) is 0 Å². The van der Waals surface area contributed by atoms with Crippen LogP contribution in [0.1, 0.15) is 36.5 Å². The van der Waals surface area contributed by atoms with Crippen LogP contribution < -0.4 is 4.74 Å². The van der Waals surface area contributed by atoms with Crippen molar-refractivity contribution in [2.75, 3.05) is 0 Å². The maximum atomic E-state index is 5.97. The lowest BCUT2D eigenvalue weighted by molar-refractivity contribution is 0.301. The Morgan fingerprint density at radius 1 is 1.00 bits per heavy atom. The molecule has 0 aliphatic heterocycles. The Morgan fingerprint density at radius 2 is 1.72 bits per heavy atom. The molecule has 18 heavy (non-hydrogen) atoms. The van der Waals surface area contributed by atoms with Gasteiger partial charge >= 0.3 is 0 Å². The summed E-state index contributed by atoms with van der Waals surface area (Å²) in [4.78, 5) is 0. The first kappa shape index (κ1) is 12.7. The highest BCUT2D eigenvalue weighted by molar-refractivity contribution is 5.39. The van der Waals surface area contributed by atoms with Crippen LogP contribution in [0.3, 0.4) is 0 Å². The summed E-state index contributed by atoms with van der Waals surface area (Å²) in [6.45, 7) is 7.11. The van der Waals surface area contributed by atoms with Gasteiger partial charge in [-0.05, 0) is 35.6 Å². The van der Waals surface area contributed by atoms with Gasteiger partial charge in [-0.1, -0.05) is 56.3 Å². The van der Waals surface area contributed by atoms with Crippen molar-refractivity contribution < 1.29 is 4.74 Å². The smallest absolute Gasteiger partial charge is 0.123 e. The normalized spacial score (nSPS) is 10.7. The lowest BCUT2D eigenvalue weighted by Gasteiger charge is -2.15. The van der Waals surface area contributed by atoms with Crippen molar-refractivity contribution in [3.8, 4) is 5.75 Å². The minimum absolute atomic E-state index is 0.483. The van der Waals surface area contributed by atoms with Crippen molar-refractivity contribution in [1.29, 1.82) is 0 Å². The Bertz CT molecular complexity index is 500. The second-order valence-corrected chi connectivity index (χ2v) is 4.97. The molecular weight excluding hydrogens is 220 g/mol. The van der Waals surface area contributed by atoms with Crippen LogP contribution in [0.15, 0.2) is 48.5 Å². The van der Waals surface area contributed by atoms with E-state index in [1.54, 1.807) is 0 Å². The minimum Gasteiger partial charge on any atom is -0.489 e. The molecule has 2 rings (SSSR count). The van der Waals surface area contributed by atoms with Crippen LogP contribution >= 0.6 is 0 Å². The van der Waals surface area contributed by atoms with Crippen molar-refractivity contribution in [3.05, 3.63) is 65.2 Å². The fourth-order valence-corrected chi connectivity index (χ4v) is 1.98. The van der Waals surface area contributed by atoms with E-state index in [1.165, 1.54) is 16.7 Å². The molecule has 0 N–H and O–H groups in total. The minimum atomic E-state index is 0.483. The molecule has 1 heteroatoms. The summed E-state index contributed by atoms with van der Waals surface area (Å²) in [6.07, 6.45) is 0. The fraction of sp³-hybridized carbons (Fsp3) is 0.294. The molecule has 2 aromatic rings. The molecule has 0 amide bonds. The molecule has 0 bridgehead atoms. The highest BCUT2D eigenvalue weighted by Gasteiger charge is 2.08. The number of aryl methyl sites for hydroxylation is 1. The first-order valence-corrected chi connectivity index (χ1v) is 6.44. The maximum absolute atomic E-state index is 5.97. The highest BCUT2D eigenvalue weighted by Crippen LogP contribution is 2.28. The standard InChI is InChI=1S/C17H20O/c1-13(2)16-10-9-14(3)11-17(16)18-12-15-7-5-4-6-8-15/h4-11,13H,12H2,1-3H3. The van der Waals surface area contributed by atoms with Crippen molar-refractivity contribution in [2.45, 2.75) is 33.3 Å². The molecule has 0 saturated heterocycles. The summed E-state index contributed by atoms with van der Waals surface area (Å²) in [7, 11) is 0. The quantitative estimate of drug-likeness (QED) is 0.752. The third-order valence-electron chi connectivity index (χ3n) is 3.03. The first-order chi connectivity index (χ1) is 8.66. The van der Waals surface area contributed by atoms with Crippen molar-refractivity contribution in [3.63, 3.8) is 0 Å². The number of hydrogen-bond acceptors (Lipinski definition) is 1. The summed E-state index contributed by atoms with van der Waals surface area (Å²) in [5.41, 5.74) is 3.72. The molecular formula is C17H20O. The molecule has 0 aliphatic rings. The third kappa shape index (κ3) is 3.13. The molecule has 0 spiro atoms. The lowest BCUT2D eigenvalue weighted by Crippen LogP contribution is -2.00. The molecule has 0 saturated carbocycles. The predicted molar refractivity (Wildman–Crippen MR) is 76.0 cm³/mol. The molecule has 0 aromatic heterocycles. The van der Waals surface area contributed by atoms with Crippen LogP contribution in [0.5, 0.6) is 5.75 Å². The maximum Gasteiger partial charge on any atom is 0.123 e. The number of benzene rings is 2. The molecule has 0 heterocycles. The number of rotatable bonds is 4. The van der Waals surface area contributed by atoms with Crippen LogP contribution in [0.2, 0.25) is 0 Å². The Kier molecular flexibility index (Phi) is 4.03. The van der Waals surface area contributed by atoms with Gasteiger partial charge in [0, 0.05) is 0 Å². The molecule has 0 radical (unpaired) electrons. The van der Waals surface area contributed by atoms with Gasteiger partial charge in [0.25, 0.3) is 0 Å². The van der Waals surface area contributed by atoms with Gasteiger partial charge in [0.05, 0.1) is 0 Å². The van der Waals surface area contributed by atoms with Crippen LogP contribution in [-0.2, 0) is 6.61 Å². The van der Waals surface area contributed by atoms with E-state index in [1.807, 2.05) is 18.2 Å². The Labute approximate surface area is 109 Å². The molecule has 0 fully saturated rings. The number of ether oxygens (including phenoxy) is 1. The topological polar surface area (TPSA) is 9.23 Å². The van der Waals surface area contributed by atoms with Crippen molar-refractivity contribution in [2.24, 2.45) is 0 Å². The Morgan fingerprint density at radius 3 is 2.39 bits per heavy atom. The van der Waals surface area contributed by atoms with Gasteiger partial charge in [0.15, 0.2) is 0 Å². The highest BCUT2D eigenvalue weighted by atomic mass is 16.5. The van der Waals surface area contributed by atoms with Gasteiger partial charge in [0.2, 0.25) is 0 Å². The molecule has 0 unspecified atom stereocenters. The van der Waals surface area contributed by atoms with Gasteiger partial charge in [0.1, 0.15) is 12.4 Å². The predicted octanol–water partition coefficient (Wildman–Crippen LogP) is 4.70. The molecule has 1 nitrogen and oxygen atoms in total. The van der Waals surface area contributed by atoms with Crippen LogP contribution in [0.4, 0.5) is 0 Å². The zero-order chi connectivity index (χ0) is 13.0. The monoisotopic (exact) mass is 240 g/mol. The summed E-state index contributed by atoms with van der Waals surface area (Å²) in [6, 6.07) is 16.7. The van der Waals surface area contributed by atoms with E-state index in [0.717, 1.165) is 5.75 Å². The first-order valence-electron chi connectivity index (χ1n) is 6.44. The van der Waals surface area contributed by atoms with Crippen molar-refractivity contribution in [1.82, 2.24) is 0 Å². The van der Waals surface area contributed by atoms with E-state index < -0.39 is 0 Å². The van der Waals surface area contributed by atoms with E-state index in [-0.39, 0.29) is 0 Å². The van der Waals surface area contributed by atoms with Gasteiger partial charge in [-0.3, -0.25) is 0 Å². The molecule has 2 aromatic carbocycles. The summed E-state index contributed by atoms with van der Waals surface area (Å²) < 4.78 is 5.97. The van der Waals surface area contributed by atoms with Gasteiger partial charge in [-0.25, -0.2) is 0 Å². The third-order valence-corrected chi connectivity index (χ3v) is 3.03. The van der Waals surface area contributed by atoms with E-state index >= 15 is 0 Å². The average molecular weight is 240 g/mol.